The molecule has 0 radical (unpaired) electrons. The Labute approximate surface area is 163 Å². The normalized spacial score (nSPS) is 18.5. The summed E-state index contributed by atoms with van der Waals surface area (Å²) in [5.41, 5.74) is 2.40. The van der Waals surface area contributed by atoms with Crippen LogP contribution in [0.25, 0.3) is 0 Å². The molecule has 1 atom stereocenters. The van der Waals surface area contributed by atoms with Gasteiger partial charge in [0.25, 0.3) is 0 Å². The molecule has 0 saturated carbocycles. The van der Waals surface area contributed by atoms with Crippen LogP contribution in [0.3, 0.4) is 0 Å². The molecule has 7 heteroatoms. The van der Waals surface area contributed by atoms with Crippen molar-refractivity contribution in [2.45, 2.75) is 11.8 Å². The molecule has 2 aromatic rings. The molecule has 0 aromatic heterocycles. The number of allylic oxidation sites excluding steroid dienone is 1. The van der Waals surface area contributed by atoms with Crippen LogP contribution in [-0.2, 0) is 0 Å². The fraction of sp³-hybridized carbons (Fsp3) is 0.158. The van der Waals surface area contributed by atoms with Crippen molar-refractivity contribution >= 4 is 49.0 Å². The Kier molecular flexibility index (Phi) is 5.02. The Hall–Kier alpha value is -1.83. The van der Waals surface area contributed by atoms with Gasteiger partial charge >= 0.3 is 0 Å². The number of benzene rings is 2. The Morgan fingerprint density at radius 1 is 0.962 bits per heavy atom. The number of hydrogen-bond acceptors (Lipinski definition) is 6. The van der Waals surface area contributed by atoms with Gasteiger partial charge in [-0.1, -0.05) is 11.8 Å². The van der Waals surface area contributed by atoms with Crippen LogP contribution in [0.5, 0.6) is 11.5 Å². The first-order valence-electron chi connectivity index (χ1n) is 8.00. The van der Waals surface area contributed by atoms with Crippen molar-refractivity contribution < 1.29 is 9.47 Å². The first-order chi connectivity index (χ1) is 12.7. The lowest BCUT2D eigenvalue weighted by molar-refractivity contribution is 0.414. The molecule has 26 heavy (non-hydrogen) atoms. The van der Waals surface area contributed by atoms with E-state index < -0.39 is 0 Å². The molecule has 134 valence electrons. The maximum atomic E-state index is 5.25. The van der Waals surface area contributed by atoms with Crippen LogP contribution in [0, 0.1) is 0 Å². The van der Waals surface area contributed by atoms with Gasteiger partial charge < -0.3 is 9.47 Å². The first kappa shape index (κ1) is 17.6. The monoisotopic (exact) mass is 402 g/mol. The SMILES string of the molecule is COc1ccc(SC2=C(C)C3=S(S2)N(c2ccc(OC)cc2)N=C3)cc1. The zero-order chi connectivity index (χ0) is 18.1. The van der Waals surface area contributed by atoms with Crippen molar-refractivity contribution in [3.63, 3.8) is 0 Å². The van der Waals surface area contributed by atoms with Gasteiger partial charge in [0.05, 0.1) is 35.2 Å². The smallest absolute Gasteiger partial charge is 0.119 e. The van der Waals surface area contributed by atoms with E-state index in [0.717, 1.165) is 17.2 Å². The fourth-order valence-electron chi connectivity index (χ4n) is 2.55. The third-order valence-electron chi connectivity index (χ3n) is 4.02. The van der Waals surface area contributed by atoms with Gasteiger partial charge in [0.2, 0.25) is 0 Å². The number of methoxy groups -OCH3 is 2. The number of anilines is 1. The molecule has 0 spiro atoms. The average Bonchev–Trinajstić information content (AvgIpc) is 3.23. The second-order valence-corrected chi connectivity index (χ2v) is 10.3. The maximum Gasteiger partial charge on any atom is 0.119 e. The van der Waals surface area contributed by atoms with Gasteiger partial charge in [-0.25, -0.2) is 4.41 Å². The van der Waals surface area contributed by atoms with E-state index >= 15 is 0 Å². The first-order valence-corrected chi connectivity index (χ1v) is 11.3. The molecule has 1 unspecified atom stereocenters. The van der Waals surface area contributed by atoms with Crippen LogP contribution in [0.1, 0.15) is 6.92 Å². The van der Waals surface area contributed by atoms with E-state index in [0.29, 0.717) is 0 Å². The predicted molar refractivity (Wildman–Crippen MR) is 116 cm³/mol. The highest BCUT2D eigenvalue weighted by molar-refractivity contribution is 8.88. The summed E-state index contributed by atoms with van der Waals surface area (Å²) in [6, 6.07) is 16.2. The van der Waals surface area contributed by atoms with E-state index in [1.165, 1.54) is 19.6 Å². The highest BCUT2D eigenvalue weighted by Crippen LogP contribution is 2.57. The standard InChI is InChI=1S/C19H18N2O2S3/c1-13-18-12-20-21(14-4-6-15(22-2)7-5-14)26(18)25-19(13)24-17-10-8-16(23-3)9-11-17/h4-12H,1-3H3. The van der Waals surface area contributed by atoms with Crippen molar-refractivity contribution in [2.24, 2.45) is 5.10 Å². The van der Waals surface area contributed by atoms with Crippen LogP contribution in [0.4, 0.5) is 5.69 Å². The Bertz CT molecular complexity index is 919. The van der Waals surface area contributed by atoms with E-state index in [-0.39, 0.29) is 9.70 Å². The molecule has 0 amide bonds. The molecule has 0 saturated heterocycles. The summed E-state index contributed by atoms with van der Waals surface area (Å²) in [4.78, 5) is 2.52. The number of hydrazone groups is 1. The Morgan fingerprint density at radius 3 is 2.19 bits per heavy atom. The van der Waals surface area contributed by atoms with Crippen molar-refractivity contribution in [1.82, 2.24) is 0 Å². The van der Waals surface area contributed by atoms with E-state index in [4.69, 9.17) is 9.47 Å². The predicted octanol–water partition coefficient (Wildman–Crippen LogP) is 5.55. The molecule has 4 rings (SSSR count). The summed E-state index contributed by atoms with van der Waals surface area (Å²) in [7, 11) is 5.13. The van der Waals surface area contributed by atoms with Crippen LogP contribution >= 0.6 is 32.3 Å². The Balaban J connectivity index is 1.52. The number of ether oxygens (including phenoxy) is 2. The average molecular weight is 403 g/mol. The van der Waals surface area contributed by atoms with Gasteiger partial charge in [-0.2, -0.15) is 5.10 Å². The highest BCUT2D eigenvalue weighted by atomic mass is 33.1. The number of rotatable bonds is 5. The molecule has 0 N–H and O–H groups in total. The molecular weight excluding hydrogens is 384 g/mol. The number of hydrogen-bond donors (Lipinski definition) is 0. The zero-order valence-corrected chi connectivity index (χ0v) is 17.1. The quantitative estimate of drug-likeness (QED) is 0.484. The van der Waals surface area contributed by atoms with Crippen LogP contribution < -0.4 is 13.9 Å². The van der Waals surface area contributed by atoms with Gasteiger partial charge in [0, 0.05) is 14.6 Å². The summed E-state index contributed by atoms with van der Waals surface area (Å²) in [6.45, 7) is 2.19. The minimum Gasteiger partial charge on any atom is -0.497 e. The molecule has 4 nitrogen and oxygen atoms in total. The van der Waals surface area contributed by atoms with Crippen LogP contribution in [0.2, 0.25) is 0 Å². The van der Waals surface area contributed by atoms with Crippen LogP contribution in [0.15, 0.2) is 68.3 Å². The van der Waals surface area contributed by atoms with E-state index in [1.807, 2.05) is 41.3 Å². The number of nitrogens with zero attached hydrogens (tertiary/aromatic N) is 2. The third-order valence-corrected chi connectivity index (χ3v) is 9.79. The highest BCUT2D eigenvalue weighted by Gasteiger charge is 2.30. The van der Waals surface area contributed by atoms with Crippen molar-refractivity contribution in [2.75, 3.05) is 18.6 Å². The largest absolute Gasteiger partial charge is 0.497 e. The van der Waals surface area contributed by atoms with Gasteiger partial charge in [-0.05, 0) is 71.8 Å². The van der Waals surface area contributed by atoms with E-state index in [2.05, 4.69) is 40.7 Å². The lowest BCUT2D eigenvalue weighted by atomic mass is 10.3. The summed E-state index contributed by atoms with van der Waals surface area (Å²) in [6.07, 6.45) is 2.00. The lowest BCUT2D eigenvalue weighted by Gasteiger charge is -2.18. The molecule has 0 bridgehead atoms. The summed E-state index contributed by atoms with van der Waals surface area (Å²) < 4.78 is 13.9. The van der Waals surface area contributed by atoms with Crippen molar-refractivity contribution in [3.8, 4) is 11.5 Å². The topological polar surface area (TPSA) is 34.1 Å². The summed E-state index contributed by atoms with van der Waals surface area (Å²) >= 11 is 1.80. The second-order valence-electron chi connectivity index (χ2n) is 5.60. The minimum atomic E-state index is -0.121. The van der Waals surface area contributed by atoms with Gasteiger partial charge in [0.1, 0.15) is 11.5 Å². The third kappa shape index (κ3) is 3.26. The van der Waals surface area contributed by atoms with E-state index in [9.17, 15) is 0 Å². The molecule has 2 aliphatic rings. The van der Waals surface area contributed by atoms with Crippen molar-refractivity contribution in [1.29, 1.82) is 0 Å². The second kappa shape index (κ2) is 7.42. The van der Waals surface area contributed by atoms with Gasteiger partial charge in [-0.3, -0.25) is 0 Å². The molecule has 2 aromatic carbocycles. The van der Waals surface area contributed by atoms with Gasteiger partial charge in [-0.15, -0.1) is 0 Å². The Morgan fingerprint density at radius 2 is 1.58 bits per heavy atom. The fourth-order valence-corrected chi connectivity index (χ4v) is 8.57. The van der Waals surface area contributed by atoms with E-state index in [1.54, 1.807) is 26.0 Å². The summed E-state index contributed by atoms with van der Waals surface area (Å²) in [5.74, 6) is 1.73. The zero-order valence-electron chi connectivity index (χ0n) is 14.6. The molecular formula is C19H18N2O2S3. The molecule has 0 aliphatic carbocycles. The van der Waals surface area contributed by atoms with Crippen molar-refractivity contribution in [3.05, 3.63) is 58.3 Å². The minimum absolute atomic E-state index is 0.121. The molecule has 2 aliphatic heterocycles. The summed E-state index contributed by atoms with van der Waals surface area (Å²) in [5, 5.41) is 4.62. The lowest BCUT2D eigenvalue weighted by Crippen LogP contribution is -2.03. The number of thioether (sulfide) groups is 1. The maximum absolute atomic E-state index is 5.25. The molecule has 0 fully saturated rings. The van der Waals surface area contributed by atoms with Crippen LogP contribution in [-0.4, -0.2) is 25.3 Å². The van der Waals surface area contributed by atoms with Gasteiger partial charge in [0.15, 0.2) is 0 Å². The molecule has 2 heterocycles.